The molecule has 2 rings (SSSR count). The molecule has 0 aliphatic heterocycles. The standard InChI is InChI=1S/C11H8F2N2OS/c12-8-4-3-7(6-9(8)13)14-11(16)15-10-2-1-5-17-10/h1-6H,(H2,14,15,16). The van der Waals surface area contributed by atoms with Crippen molar-refractivity contribution in [3.63, 3.8) is 0 Å². The van der Waals surface area contributed by atoms with E-state index in [1.165, 1.54) is 17.4 Å². The number of halogens is 2. The quantitative estimate of drug-likeness (QED) is 0.843. The smallest absolute Gasteiger partial charge is 0.308 e. The lowest BCUT2D eigenvalue weighted by Gasteiger charge is -2.05. The van der Waals surface area contributed by atoms with E-state index in [0.29, 0.717) is 5.00 Å². The van der Waals surface area contributed by atoms with Gasteiger partial charge in [0.1, 0.15) is 0 Å². The van der Waals surface area contributed by atoms with Crippen LogP contribution in [-0.2, 0) is 0 Å². The van der Waals surface area contributed by atoms with Crippen LogP contribution in [0.5, 0.6) is 0 Å². The van der Waals surface area contributed by atoms with Crippen molar-refractivity contribution in [1.82, 2.24) is 0 Å². The molecular formula is C11H8F2N2OS. The van der Waals surface area contributed by atoms with Crippen LogP contribution in [0.25, 0.3) is 0 Å². The summed E-state index contributed by atoms with van der Waals surface area (Å²) in [7, 11) is 0. The maximum atomic E-state index is 12.9. The first-order valence-electron chi connectivity index (χ1n) is 4.72. The zero-order chi connectivity index (χ0) is 12.3. The van der Waals surface area contributed by atoms with E-state index in [1.54, 1.807) is 12.1 Å². The number of anilines is 2. The first-order valence-corrected chi connectivity index (χ1v) is 5.59. The molecule has 0 saturated heterocycles. The highest BCUT2D eigenvalue weighted by atomic mass is 32.1. The molecule has 0 atom stereocenters. The first-order chi connectivity index (χ1) is 8.15. The fourth-order valence-corrected chi connectivity index (χ4v) is 1.81. The van der Waals surface area contributed by atoms with E-state index in [4.69, 9.17) is 0 Å². The molecule has 2 aromatic rings. The number of amides is 2. The maximum Gasteiger partial charge on any atom is 0.324 e. The van der Waals surface area contributed by atoms with Crippen molar-refractivity contribution in [3.05, 3.63) is 47.3 Å². The van der Waals surface area contributed by atoms with Gasteiger partial charge >= 0.3 is 6.03 Å². The molecule has 0 spiro atoms. The third-order valence-electron chi connectivity index (χ3n) is 1.94. The number of thiophene rings is 1. The van der Waals surface area contributed by atoms with Crippen LogP contribution in [0.4, 0.5) is 24.3 Å². The second-order valence-electron chi connectivity index (χ2n) is 3.19. The average molecular weight is 254 g/mol. The van der Waals surface area contributed by atoms with Crippen molar-refractivity contribution < 1.29 is 13.6 Å². The Morgan fingerprint density at radius 3 is 2.59 bits per heavy atom. The lowest BCUT2D eigenvalue weighted by atomic mass is 10.3. The molecule has 0 bridgehead atoms. The number of hydrogen-bond donors (Lipinski definition) is 2. The summed E-state index contributed by atoms with van der Waals surface area (Å²) < 4.78 is 25.5. The Balaban J connectivity index is 2.00. The predicted octanol–water partition coefficient (Wildman–Crippen LogP) is 3.67. The summed E-state index contributed by atoms with van der Waals surface area (Å²) in [5.74, 6) is -1.95. The average Bonchev–Trinajstić information content (AvgIpc) is 2.76. The highest BCUT2D eigenvalue weighted by Gasteiger charge is 2.06. The van der Waals surface area contributed by atoms with Crippen molar-refractivity contribution in [1.29, 1.82) is 0 Å². The minimum absolute atomic E-state index is 0.193. The zero-order valence-electron chi connectivity index (χ0n) is 8.54. The van der Waals surface area contributed by atoms with Gasteiger partial charge in [-0.3, -0.25) is 5.32 Å². The maximum absolute atomic E-state index is 12.9. The summed E-state index contributed by atoms with van der Waals surface area (Å²) in [5.41, 5.74) is 0.193. The molecule has 0 saturated carbocycles. The lowest BCUT2D eigenvalue weighted by molar-refractivity contribution is 0.262. The van der Waals surface area contributed by atoms with Crippen LogP contribution < -0.4 is 10.6 Å². The predicted molar refractivity (Wildman–Crippen MR) is 63.3 cm³/mol. The molecule has 1 aromatic heterocycles. The van der Waals surface area contributed by atoms with E-state index < -0.39 is 17.7 Å². The van der Waals surface area contributed by atoms with Crippen LogP contribution in [0.1, 0.15) is 0 Å². The Hall–Kier alpha value is -1.95. The summed E-state index contributed by atoms with van der Waals surface area (Å²) in [5, 5.41) is 7.44. The molecule has 2 N–H and O–H groups in total. The Morgan fingerprint density at radius 1 is 1.12 bits per heavy atom. The molecule has 3 nitrogen and oxygen atoms in total. The van der Waals surface area contributed by atoms with E-state index in [0.717, 1.165) is 12.1 Å². The molecule has 0 radical (unpaired) electrons. The summed E-state index contributed by atoms with van der Waals surface area (Å²) in [6.07, 6.45) is 0. The molecule has 6 heteroatoms. The summed E-state index contributed by atoms with van der Waals surface area (Å²) in [6, 6.07) is 6.18. The Morgan fingerprint density at radius 2 is 1.94 bits per heavy atom. The fraction of sp³-hybridized carbons (Fsp3) is 0. The van der Waals surface area contributed by atoms with Crippen molar-refractivity contribution in [2.75, 3.05) is 10.6 Å². The van der Waals surface area contributed by atoms with Crippen LogP contribution >= 0.6 is 11.3 Å². The van der Waals surface area contributed by atoms with E-state index in [1.807, 2.05) is 5.38 Å². The fourth-order valence-electron chi connectivity index (χ4n) is 1.20. The number of carbonyl (C=O) groups excluding carboxylic acids is 1. The van der Waals surface area contributed by atoms with Crippen molar-refractivity contribution in [2.45, 2.75) is 0 Å². The van der Waals surface area contributed by atoms with Gasteiger partial charge in [0.25, 0.3) is 0 Å². The zero-order valence-corrected chi connectivity index (χ0v) is 9.35. The monoisotopic (exact) mass is 254 g/mol. The van der Waals surface area contributed by atoms with Gasteiger partial charge in [0, 0.05) is 11.8 Å². The molecule has 0 aliphatic rings. The van der Waals surface area contributed by atoms with Crippen molar-refractivity contribution in [3.8, 4) is 0 Å². The molecule has 2 amide bonds. The topological polar surface area (TPSA) is 41.1 Å². The van der Waals surface area contributed by atoms with Gasteiger partial charge in [0.2, 0.25) is 0 Å². The minimum Gasteiger partial charge on any atom is -0.308 e. The summed E-state index contributed by atoms with van der Waals surface area (Å²) in [4.78, 5) is 11.4. The minimum atomic E-state index is -1.00. The Bertz CT molecular complexity index is 528. The van der Waals surface area contributed by atoms with Gasteiger partial charge in [-0.1, -0.05) is 0 Å². The van der Waals surface area contributed by atoms with Crippen LogP contribution in [0, 0.1) is 11.6 Å². The number of nitrogens with one attached hydrogen (secondary N) is 2. The molecule has 1 aromatic carbocycles. The van der Waals surface area contributed by atoms with Crippen molar-refractivity contribution in [2.24, 2.45) is 0 Å². The highest BCUT2D eigenvalue weighted by molar-refractivity contribution is 7.14. The normalized spacial score (nSPS) is 10.0. The third-order valence-corrected chi connectivity index (χ3v) is 2.72. The second kappa shape index (κ2) is 4.92. The molecule has 1 heterocycles. The molecule has 0 fully saturated rings. The van der Waals surface area contributed by atoms with Gasteiger partial charge in [-0.25, -0.2) is 13.6 Å². The molecule has 88 valence electrons. The summed E-state index contributed by atoms with van der Waals surface area (Å²) >= 11 is 1.36. The summed E-state index contributed by atoms with van der Waals surface area (Å²) in [6.45, 7) is 0. The van der Waals surface area contributed by atoms with E-state index >= 15 is 0 Å². The first kappa shape index (κ1) is 11.5. The number of benzene rings is 1. The number of urea groups is 1. The molecule has 17 heavy (non-hydrogen) atoms. The van der Waals surface area contributed by atoms with Gasteiger partial charge in [-0.2, -0.15) is 0 Å². The Labute approximate surface area is 100 Å². The van der Waals surface area contributed by atoms with Gasteiger partial charge in [-0.05, 0) is 29.6 Å². The van der Waals surface area contributed by atoms with E-state index in [-0.39, 0.29) is 5.69 Å². The largest absolute Gasteiger partial charge is 0.324 e. The van der Waals surface area contributed by atoms with Crippen LogP contribution in [-0.4, -0.2) is 6.03 Å². The van der Waals surface area contributed by atoms with E-state index in [2.05, 4.69) is 10.6 Å². The van der Waals surface area contributed by atoms with Crippen LogP contribution in [0.15, 0.2) is 35.7 Å². The van der Waals surface area contributed by atoms with Crippen LogP contribution in [0.3, 0.4) is 0 Å². The molecule has 0 aliphatic carbocycles. The van der Waals surface area contributed by atoms with Gasteiger partial charge in [0.05, 0.1) is 5.00 Å². The van der Waals surface area contributed by atoms with E-state index in [9.17, 15) is 13.6 Å². The van der Waals surface area contributed by atoms with Gasteiger partial charge in [-0.15, -0.1) is 11.3 Å². The van der Waals surface area contributed by atoms with Crippen LogP contribution in [0.2, 0.25) is 0 Å². The van der Waals surface area contributed by atoms with Crippen molar-refractivity contribution >= 4 is 28.1 Å². The Kier molecular flexibility index (Phi) is 3.34. The highest BCUT2D eigenvalue weighted by Crippen LogP contribution is 2.16. The molecular weight excluding hydrogens is 246 g/mol. The third kappa shape index (κ3) is 3.01. The number of rotatable bonds is 2. The molecule has 0 unspecified atom stereocenters. The number of carbonyl (C=O) groups is 1. The second-order valence-corrected chi connectivity index (χ2v) is 4.13. The van der Waals surface area contributed by atoms with Gasteiger partial charge < -0.3 is 5.32 Å². The van der Waals surface area contributed by atoms with Gasteiger partial charge in [0.15, 0.2) is 11.6 Å². The number of hydrogen-bond acceptors (Lipinski definition) is 2. The SMILES string of the molecule is O=C(Nc1ccc(F)c(F)c1)Nc1cccs1. The lowest BCUT2D eigenvalue weighted by Crippen LogP contribution is -2.18.